The number of carbonyl (C=O) groups is 1. The molecule has 0 bridgehead atoms. The van der Waals surface area contributed by atoms with Gasteiger partial charge in [-0.25, -0.2) is 9.97 Å². The average Bonchev–Trinajstić information content (AvgIpc) is 3.53. The highest BCUT2D eigenvalue weighted by Crippen LogP contribution is 2.20. The van der Waals surface area contributed by atoms with E-state index in [1.807, 2.05) is 36.4 Å². The predicted octanol–water partition coefficient (Wildman–Crippen LogP) is 3.16. The molecule has 1 fully saturated rings. The summed E-state index contributed by atoms with van der Waals surface area (Å²) in [6.07, 6.45) is 3.31. The summed E-state index contributed by atoms with van der Waals surface area (Å²) in [5.41, 5.74) is 3.97. The lowest BCUT2D eigenvalue weighted by molar-refractivity contribution is 0.102. The van der Waals surface area contributed by atoms with Crippen LogP contribution in [0, 0.1) is 0 Å². The Hall–Kier alpha value is -3.63. The second-order valence-electron chi connectivity index (χ2n) is 7.36. The molecule has 4 heterocycles. The van der Waals surface area contributed by atoms with E-state index in [9.17, 15) is 4.79 Å². The Kier molecular flexibility index (Phi) is 5.86. The first kappa shape index (κ1) is 20.3. The minimum Gasteiger partial charge on any atom is -0.447 e. The number of benzene rings is 1. The van der Waals surface area contributed by atoms with Crippen molar-refractivity contribution in [1.29, 1.82) is 0 Å². The number of carbonyl (C=O) groups excluding carboxylic acids is 1. The van der Waals surface area contributed by atoms with Crippen molar-refractivity contribution in [3.8, 4) is 11.3 Å². The minimum absolute atomic E-state index is 0.244. The topological polar surface area (TPSA) is 100 Å². The number of nitrogens with one attached hydrogen (secondary N) is 1. The van der Waals surface area contributed by atoms with E-state index in [0.717, 1.165) is 49.1 Å². The number of pyridine rings is 1. The number of anilines is 2. The lowest BCUT2D eigenvalue weighted by Gasteiger charge is -2.34. The van der Waals surface area contributed by atoms with Crippen LogP contribution in [0.5, 0.6) is 0 Å². The van der Waals surface area contributed by atoms with E-state index in [4.69, 9.17) is 4.42 Å². The molecule has 0 saturated carbocycles. The van der Waals surface area contributed by atoms with Crippen molar-refractivity contribution in [2.24, 2.45) is 0 Å². The first-order valence-corrected chi connectivity index (χ1v) is 11.1. The normalized spacial score (nSPS) is 14.4. The highest BCUT2D eigenvalue weighted by Gasteiger charge is 2.20. The number of hydrogen-bond acceptors (Lipinski definition) is 9. The molecule has 3 aromatic heterocycles. The van der Waals surface area contributed by atoms with Gasteiger partial charge in [-0.15, -0.1) is 10.2 Å². The van der Waals surface area contributed by atoms with Gasteiger partial charge >= 0.3 is 0 Å². The molecule has 0 radical (unpaired) electrons. The summed E-state index contributed by atoms with van der Waals surface area (Å²) >= 11 is 1.27. The van der Waals surface area contributed by atoms with E-state index in [1.165, 1.54) is 11.3 Å². The number of rotatable bonds is 6. The van der Waals surface area contributed by atoms with Crippen molar-refractivity contribution in [3.63, 3.8) is 0 Å². The molecular formula is C22H21N7O2S. The van der Waals surface area contributed by atoms with Crippen LogP contribution in [0.25, 0.3) is 11.3 Å². The maximum Gasteiger partial charge on any atom is 0.259 e. The van der Waals surface area contributed by atoms with Gasteiger partial charge in [0.2, 0.25) is 11.0 Å². The molecule has 1 N–H and O–H groups in total. The van der Waals surface area contributed by atoms with Gasteiger partial charge in [-0.2, -0.15) is 0 Å². The maximum absolute atomic E-state index is 12.3. The van der Waals surface area contributed by atoms with Gasteiger partial charge < -0.3 is 9.32 Å². The summed E-state index contributed by atoms with van der Waals surface area (Å²) in [5, 5.41) is 10.7. The number of amides is 1. The van der Waals surface area contributed by atoms with Crippen LogP contribution in [0.2, 0.25) is 0 Å². The zero-order chi connectivity index (χ0) is 21.8. The number of oxazole rings is 1. The first-order chi connectivity index (χ1) is 15.7. The van der Waals surface area contributed by atoms with Crippen LogP contribution in [0.3, 0.4) is 0 Å². The Balaban J connectivity index is 1.14. The van der Waals surface area contributed by atoms with Crippen molar-refractivity contribution >= 4 is 28.2 Å². The summed E-state index contributed by atoms with van der Waals surface area (Å²) in [5.74, 6) is 1.34. The van der Waals surface area contributed by atoms with E-state index < -0.39 is 0 Å². The fourth-order valence-electron chi connectivity index (χ4n) is 3.56. The smallest absolute Gasteiger partial charge is 0.259 e. The number of piperazine rings is 1. The SMILES string of the molecule is O=C(Nc1nncs1)c1ccc(N2CCN(Cc3nc(-c4ccccc4)co3)CC2)nc1. The molecule has 4 aromatic rings. The predicted molar refractivity (Wildman–Crippen MR) is 122 cm³/mol. The van der Waals surface area contributed by atoms with E-state index >= 15 is 0 Å². The van der Waals surface area contributed by atoms with E-state index in [2.05, 4.69) is 35.3 Å². The Bertz CT molecular complexity index is 1150. The largest absolute Gasteiger partial charge is 0.447 e. The molecule has 5 rings (SSSR count). The molecule has 0 aliphatic carbocycles. The molecule has 10 heteroatoms. The standard InChI is InChI=1S/C22H21N7O2S/c30-21(26-22-27-24-15-32-22)17-6-7-19(23-12-17)29-10-8-28(9-11-29)13-20-25-18(14-31-20)16-4-2-1-3-5-16/h1-7,12,14-15H,8-11,13H2,(H,26,27,30). The Labute approximate surface area is 188 Å². The molecule has 0 unspecified atom stereocenters. The fourth-order valence-corrected chi connectivity index (χ4v) is 4.00. The molecule has 1 amide bonds. The molecule has 9 nitrogen and oxygen atoms in total. The molecule has 162 valence electrons. The van der Waals surface area contributed by atoms with Gasteiger partial charge in [0, 0.05) is 37.9 Å². The van der Waals surface area contributed by atoms with Gasteiger partial charge in [0.05, 0.1) is 12.1 Å². The Morgan fingerprint density at radius 3 is 2.66 bits per heavy atom. The molecule has 0 spiro atoms. The van der Waals surface area contributed by atoms with Crippen LogP contribution in [0.15, 0.2) is 64.9 Å². The second-order valence-corrected chi connectivity index (χ2v) is 8.19. The Morgan fingerprint density at radius 1 is 1.09 bits per heavy atom. The lowest BCUT2D eigenvalue weighted by atomic mass is 10.2. The van der Waals surface area contributed by atoms with Gasteiger partial charge in [0.15, 0.2) is 0 Å². The highest BCUT2D eigenvalue weighted by molar-refractivity contribution is 7.13. The summed E-state index contributed by atoms with van der Waals surface area (Å²) in [7, 11) is 0. The lowest BCUT2D eigenvalue weighted by Crippen LogP contribution is -2.46. The monoisotopic (exact) mass is 447 g/mol. The Morgan fingerprint density at radius 2 is 1.94 bits per heavy atom. The third kappa shape index (κ3) is 4.66. The van der Waals surface area contributed by atoms with Gasteiger partial charge in [-0.1, -0.05) is 41.7 Å². The minimum atomic E-state index is -0.244. The molecule has 1 saturated heterocycles. The molecule has 0 atom stereocenters. The number of hydrogen-bond donors (Lipinski definition) is 1. The quantitative estimate of drug-likeness (QED) is 0.481. The maximum atomic E-state index is 12.3. The summed E-state index contributed by atoms with van der Waals surface area (Å²) in [4.78, 5) is 25.9. The molecule has 1 aliphatic heterocycles. The van der Waals surface area contributed by atoms with E-state index in [0.29, 0.717) is 17.2 Å². The number of nitrogens with zero attached hydrogens (tertiary/aromatic N) is 6. The molecule has 1 aromatic carbocycles. The summed E-state index contributed by atoms with van der Waals surface area (Å²) in [6.45, 7) is 4.12. The van der Waals surface area contributed by atoms with Crippen LogP contribution in [0.1, 0.15) is 16.2 Å². The van der Waals surface area contributed by atoms with Crippen molar-refractivity contribution < 1.29 is 9.21 Å². The van der Waals surface area contributed by atoms with Gasteiger partial charge in [-0.3, -0.25) is 15.0 Å². The third-order valence-electron chi connectivity index (χ3n) is 5.27. The third-order valence-corrected chi connectivity index (χ3v) is 5.87. The van der Waals surface area contributed by atoms with Crippen LogP contribution >= 0.6 is 11.3 Å². The van der Waals surface area contributed by atoms with Crippen molar-refractivity contribution in [3.05, 3.63) is 71.9 Å². The fraction of sp³-hybridized carbons (Fsp3) is 0.227. The molecular weight excluding hydrogens is 426 g/mol. The van der Waals surface area contributed by atoms with Crippen LogP contribution in [0.4, 0.5) is 10.9 Å². The van der Waals surface area contributed by atoms with Crippen molar-refractivity contribution in [2.45, 2.75) is 6.54 Å². The van der Waals surface area contributed by atoms with Crippen molar-refractivity contribution in [2.75, 3.05) is 36.4 Å². The molecule has 32 heavy (non-hydrogen) atoms. The summed E-state index contributed by atoms with van der Waals surface area (Å²) in [6, 6.07) is 13.7. The molecule has 1 aliphatic rings. The van der Waals surface area contributed by atoms with Gasteiger partial charge in [0.1, 0.15) is 23.3 Å². The van der Waals surface area contributed by atoms with Crippen LogP contribution in [-0.4, -0.2) is 57.2 Å². The van der Waals surface area contributed by atoms with Crippen LogP contribution < -0.4 is 10.2 Å². The number of aromatic nitrogens is 4. The highest BCUT2D eigenvalue weighted by atomic mass is 32.1. The summed E-state index contributed by atoms with van der Waals surface area (Å²) < 4.78 is 5.68. The van der Waals surface area contributed by atoms with Crippen LogP contribution in [-0.2, 0) is 6.54 Å². The van der Waals surface area contributed by atoms with Gasteiger partial charge in [0.25, 0.3) is 5.91 Å². The second kappa shape index (κ2) is 9.25. The zero-order valence-electron chi connectivity index (χ0n) is 17.2. The van der Waals surface area contributed by atoms with E-state index in [1.54, 1.807) is 24.0 Å². The van der Waals surface area contributed by atoms with Gasteiger partial charge in [-0.05, 0) is 12.1 Å². The van der Waals surface area contributed by atoms with Crippen molar-refractivity contribution in [1.82, 2.24) is 25.1 Å². The average molecular weight is 448 g/mol. The zero-order valence-corrected chi connectivity index (χ0v) is 18.0. The first-order valence-electron chi connectivity index (χ1n) is 10.3. The van der Waals surface area contributed by atoms with E-state index in [-0.39, 0.29) is 5.91 Å².